The number of hydrogen-bond acceptors (Lipinski definition) is 3. The number of aromatic nitrogens is 6. The monoisotopic (exact) mass is 1560 g/mol. The molecule has 0 N–H and O–H groups in total. The van der Waals surface area contributed by atoms with Gasteiger partial charge < -0.3 is 13.7 Å². The van der Waals surface area contributed by atoms with Gasteiger partial charge in [-0.3, -0.25) is 0 Å². The Kier molecular flexibility index (Phi) is 15.9. The van der Waals surface area contributed by atoms with Crippen molar-refractivity contribution in [2.45, 2.75) is 0 Å². The second kappa shape index (κ2) is 28.1. The summed E-state index contributed by atoms with van der Waals surface area (Å²) in [6, 6.07) is 157. The number of fused-ring (bicyclic) bond motifs is 30. The Balaban J connectivity index is 0.000000101. The number of pyridine rings is 3. The van der Waals surface area contributed by atoms with Gasteiger partial charge in [-0.25, -0.2) is 15.0 Å². The summed E-state index contributed by atoms with van der Waals surface area (Å²) >= 11 is 0. The van der Waals surface area contributed by atoms with E-state index in [2.05, 4.69) is 450 Å². The molecule has 0 radical (unpaired) electrons. The van der Waals surface area contributed by atoms with Crippen LogP contribution < -0.4 is 0 Å². The second-order valence-electron chi connectivity index (χ2n) is 32.3. The highest BCUT2D eigenvalue weighted by molar-refractivity contribution is 6.28. The van der Waals surface area contributed by atoms with E-state index in [1.54, 1.807) is 0 Å². The van der Waals surface area contributed by atoms with Crippen LogP contribution in [0.3, 0.4) is 0 Å². The highest BCUT2D eigenvalue weighted by Gasteiger charge is 2.22. The first-order valence-electron chi connectivity index (χ1n) is 42.2. The average molecular weight is 1560 g/mol. The normalized spacial score (nSPS) is 11.9. The molecular weight excluding hydrogens is 1490 g/mol. The van der Waals surface area contributed by atoms with Crippen molar-refractivity contribution in [2.75, 3.05) is 0 Å². The van der Waals surface area contributed by atoms with E-state index in [9.17, 15) is 0 Å². The predicted molar refractivity (Wildman–Crippen MR) is 522 cm³/mol. The van der Waals surface area contributed by atoms with Crippen LogP contribution in [-0.2, 0) is 0 Å². The molecule has 123 heavy (non-hydrogen) atoms. The maximum absolute atomic E-state index is 5.36. The Morgan fingerprint density at radius 1 is 0.146 bits per heavy atom. The molecule has 27 rings (SSSR count). The minimum absolute atomic E-state index is 0.988. The van der Waals surface area contributed by atoms with E-state index in [4.69, 9.17) is 15.0 Å². The Morgan fingerprint density at radius 2 is 0.415 bits per heavy atom. The molecule has 0 saturated heterocycles. The zero-order chi connectivity index (χ0) is 80.7. The van der Waals surface area contributed by atoms with Crippen molar-refractivity contribution in [1.82, 2.24) is 28.7 Å². The molecule has 6 heteroatoms. The maximum Gasteiger partial charge on any atom is 0.0794 e. The SMILES string of the molecule is c1cc(-n2c3ccccc3c3ccccc32)c2cccc(-c3ccc4c5ccccc5c5ccccc5c4n3)c2c1.c1ccc2c(-n3c4ccccc4c4ccccc43)ccc(-c3ccc4c5ccccc5c5ccccc5c4n3)c2c1.c1ccc2c(c1)c1ccccc1c1nc(-c3ccc4ccc(-n5c6ccccc6c6ccccc65)cc4c3)ccc21. The standard InChI is InChI=1S/3C39H24N2/c1-2-13-27-25(11-1)26-12-4-6-18-33(26)39-34(27)21-23-35(40-39)29-22-24-38(30-15-5-3-14-28(29)30)41-36-19-9-7-16-31(36)32-17-8-10-20-37(32)41;1-2-13-27-25(11-1)26-12-3-4-16-33(26)39-34(27)23-24-35(40-39)29-18-9-19-30-28(29)17-10-22-38(30)41-36-20-7-5-14-31(36)32-15-6-8-21-37(32)41;1-2-11-31-29(9-1)30-10-3-4-14-34(30)39-35(31)21-22-36(40-39)26-18-17-25-19-20-28(24-27(25)23-26)41-37-15-7-5-12-32(37)33-13-6-8-16-38(33)41/h3*1-24H. The number of hydrogen-bond donors (Lipinski definition) is 0. The van der Waals surface area contributed by atoms with Crippen molar-refractivity contribution in [2.24, 2.45) is 0 Å². The summed E-state index contributed by atoms with van der Waals surface area (Å²) in [4.78, 5) is 16.0. The van der Waals surface area contributed by atoms with Gasteiger partial charge in [-0.05, 0) is 173 Å². The molecule has 0 aliphatic rings. The molecule has 0 amide bonds. The van der Waals surface area contributed by atoms with E-state index in [0.29, 0.717) is 0 Å². The smallest absolute Gasteiger partial charge is 0.0794 e. The van der Waals surface area contributed by atoms with Crippen LogP contribution in [0, 0.1) is 0 Å². The Hall–Kier alpha value is -16.4. The van der Waals surface area contributed by atoms with Crippen molar-refractivity contribution >= 4 is 195 Å². The summed E-state index contributed by atoms with van der Waals surface area (Å²) in [5.41, 5.74) is 20.4. The van der Waals surface area contributed by atoms with E-state index in [0.717, 1.165) is 56.0 Å². The van der Waals surface area contributed by atoms with Crippen LogP contribution in [0.1, 0.15) is 0 Å². The van der Waals surface area contributed by atoms with Gasteiger partial charge in [0.15, 0.2) is 0 Å². The fraction of sp³-hybridized carbons (Fsp3) is 0. The largest absolute Gasteiger partial charge is 0.309 e. The number of nitrogens with zero attached hydrogens (tertiary/aromatic N) is 6. The highest BCUT2D eigenvalue weighted by atomic mass is 15.0. The molecule has 0 saturated carbocycles. The van der Waals surface area contributed by atoms with Gasteiger partial charge in [-0.2, -0.15) is 0 Å². The third-order valence-electron chi connectivity index (χ3n) is 25.7. The lowest BCUT2D eigenvalue weighted by molar-refractivity contribution is 1.19. The maximum atomic E-state index is 5.36. The Labute approximate surface area is 706 Å². The number of benzene rings is 21. The van der Waals surface area contributed by atoms with Crippen LogP contribution >= 0.6 is 0 Å². The second-order valence-corrected chi connectivity index (χ2v) is 32.3. The minimum atomic E-state index is 0.988. The van der Waals surface area contributed by atoms with Crippen LogP contribution in [0.5, 0.6) is 0 Å². The van der Waals surface area contributed by atoms with E-state index in [1.165, 1.54) is 190 Å². The summed E-state index contributed by atoms with van der Waals surface area (Å²) in [5.74, 6) is 0. The van der Waals surface area contributed by atoms with Crippen LogP contribution in [0.25, 0.3) is 246 Å². The Morgan fingerprint density at radius 3 is 0.813 bits per heavy atom. The summed E-state index contributed by atoms with van der Waals surface area (Å²) < 4.78 is 7.19. The lowest BCUT2D eigenvalue weighted by atomic mass is 9.95. The van der Waals surface area contributed by atoms with E-state index in [1.807, 2.05) is 0 Å². The quantitative estimate of drug-likeness (QED) is 0.156. The van der Waals surface area contributed by atoms with Crippen molar-refractivity contribution < 1.29 is 0 Å². The molecular formula is C117H72N6. The van der Waals surface area contributed by atoms with Gasteiger partial charge in [-0.1, -0.05) is 334 Å². The van der Waals surface area contributed by atoms with Crippen molar-refractivity contribution in [1.29, 1.82) is 0 Å². The van der Waals surface area contributed by atoms with Gasteiger partial charge in [0.25, 0.3) is 0 Å². The third kappa shape index (κ3) is 11.0. The van der Waals surface area contributed by atoms with Gasteiger partial charge in [0.2, 0.25) is 0 Å². The Bertz CT molecular complexity index is 8550. The van der Waals surface area contributed by atoms with Gasteiger partial charge in [0, 0.05) is 97.8 Å². The molecule has 0 aliphatic heterocycles. The fourth-order valence-corrected chi connectivity index (χ4v) is 20.2. The molecule has 0 fully saturated rings. The molecule has 21 aromatic carbocycles. The van der Waals surface area contributed by atoms with Gasteiger partial charge in [0.05, 0.1) is 78.1 Å². The first-order chi connectivity index (χ1) is 61.1. The van der Waals surface area contributed by atoms with Crippen LogP contribution in [0.2, 0.25) is 0 Å². The molecule has 6 aromatic heterocycles. The number of rotatable bonds is 6. The molecule has 0 atom stereocenters. The first-order valence-corrected chi connectivity index (χ1v) is 42.2. The fourth-order valence-electron chi connectivity index (χ4n) is 20.2. The van der Waals surface area contributed by atoms with Gasteiger partial charge in [0.1, 0.15) is 0 Å². The molecule has 6 heterocycles. The first kappa shape index (κ1) is 69.7. The van der Waals surface area contributed by atoms with Crippen LogP contribution in [0.15, 0.2) is 437 Å². The summed E-state index contributed by atoms with van der Waals surface area (Å²) in [6.45, 7) is 0. The zero-order valence-electron chi connectivity index (χ0n) is 66.8. The molecule has 0 spiro atoms. The van der Waals surface area contributed by atoms with Crippen molar-refractivity contribution in [3.63, 3.8) is 0 Å². The summed E-state index contributed by atoms with van der Waals surface area (Å²) in [5, 5.41) is 33.3. The van der Waals surface area contributed by atoms with Crippen molar-refractivity contribution in [3.8, 4) is 50.8 Å². The topological polar surface area (TPSA) is 53.5 Å². The zero-order valence-corrected chi connectivity index (χ0v) is 66.8. The molecule has 6 nitrogen and oxygen atoms in total. The summed E-state index contributed by atoms with van der Waals surface area (Å²) in [7, 11) is 0. The predicted octanol–water partition coefficient (Wildman–Crippen LogP) is 31.4. The third-order valence-corrected chi connectivity index (χ3v) is 25.7. The van der Waals surface area contributed by atoms with Gasteiger partial charge >= 0.3 is 0 Å². The van der Waals surface area contributed by atoms with Crippen LogP contribution in [-0.4, -0.2) is 28.7 Å². The lowest BCUT2D eigenvalue weighted by Crippen LogP contribution is -1.97. The minimum Gasteiger partial charge on any atom is -0.309 e. The molecule has 27 aromatic rings. The molecule has 570 valence electrons. The van der Waals surface area contributed by atoms with E-state index >= 15 is 0 Å². The van der Waals surface area contributed by atoms with E-state index < -0.39 is 0 Å². The average Bonchev–Trinajstić information content (AvgIpc) is 1.65. The van der Waals surface area contributed by atoms with Gasteiger partial charge in [-0.15, -0.1) is 0 Å². The molecule has 0 aliphatic carbocycles. The highest BCUT2D eigenvalue weighted by Crippen LogP contribution is 2.45. The number of para-hydroxylation sites is 6. The van der Waals surface area contributed by atoms with Crippen LogP contribution in [0.4, 0.5) is 0 Å². The lowest BCUT2D eigenvalue weighted by Gasteiger charge is -2.15. The molecule has 0 unspecified atom stereocenters. The molecule has 0 bridgehead atoms. The van der Waals surface area contributed by atoms with E-state index in [-0.39, 0.29) is 0 Å². The van der Waals surface area contributed by atoms with Crippen molar-refractivity contribution in [3.05, 3.63) is 437 Å². The summed E-state index contributed by atoms with van der Waals surface area (Å²) in [6.07, 6.45) is 0.